The zero-order chi connectivity index (χ0) is 29.5. The molecule has 0 aliphatic heterocycles. The highest BCUT2D eigenvalue weighted by Gasteiger charge is 2.13. The van der Waals surface area contributed by atoms with Crippen molar-refractivity contribution in [3.63, 3.8) is 0 Å². The Balaban J connectivity index is 1.26. The molecule has 0 aromatic heterocycles. The maximum Gasteiger partial charge on any atom is 0.407 e. The number of aliphatic hydroxyl groups excluding tert-OH is 1. The van der Waals surface area contributed by atoms with E-state index in [0.29, 0.717) is 24.3 Å². The molecule has 1 unspecified atom stereocenters. The number of ether oxygens (including phenoxy) is 1. The molecule has 8 heteroatoms. The van der Waals surface area contributed by atoms with Gasteiger partial charge in [-0.1, -0.05) is 60.7 Å². The Hall–Kier alpha value is -3.88. The lowest BCUT2D eigenvalue weighted by Crippen LogP contribution is -2.30. The minimum atomic E-state index is -0.748. The molecule has 0 spiro atoms. The molecule has 0 aliphatic carbocycles. The summed E-state index contributed by atoms with van der Waals surface area (Å²) in [6, 6.07) is 23.3. The zero-order valence-corrected chi connectivity index (χ0v) is 24.1. The average molecular weight is 562 g/mol. The number of aromatic hydroxyl groups is 1. The molecule has 3 aromatic carbocycles. The molecule has 8 nitrogen and oxygen atoms in total. The van der Waals surface area contributed by atoms with Crippen LogP contribution in [0.3, 0.4) is 0 Å². The first kappa shape index (κ1) is 31.6. The van der Waals surface area contributed by atoms with Crippen LogP contribution >= 0.6 is 0 Å². The number of anilines is 1. The van der Waals surface area contributed by atoms with E-state index in [0.717, 1.165) is 44.1 Å². The van der Waals surface area contributed by atoms with E-state index in [4.69, 9.17) is 4.74 Å². The highest BCUT2D eigenvalue weighted by Crippen LogP contribution is 2.27. The number of alkyl carbamates (subject to hydrolysis) is 1. The quantitative estimate of drug-likeness (QED) is 0.114. The lowest BCUT2D eigenvalue weighted by molar-refractivity contribution is -0.114. The summed E-state index contributed by atoms with van der Waals surface area (Å²) in [6.45, 7) is 4.73. The molecule has 3 rings (SSSR count). The Labute approximate surface area is 243 Å². The van der Waals surface area contributed by atoms with E-state index in [9.17, 15) is 19.8 Å². The number of phenolic OH excluding ortho intramolecular Hbond substituents is 1. The van der Waals surface area contributed by atoms with Crippen molar-refractivity contribution < 1.29 is 24.5 Å². The highest BCUT2D eigenvalue weighted by atomic mass is 16.5. The second-order valence-corrected chi connectivity index (χ2v) is 10.4. The molecule has 2 amide bonds. The Morgan fingerprint density at radius 1 is 0.878 bits per heavy atom. The number of aliphatic hydroxyl groups is 1. The fourth-order valence-electron chi connectivity index (χ4n) is 4.49. The Morgan fingerprint density at radius 3 is 2.24 bits per heavy atom. The third-order valence-corrected chi connectivity index (χ3v) is 6.88. The van der Waals surface area contributed by atoms with Gasteiger partial charge in [-0.2, -0.15) is 0 Å². The van der Waals surface area contributed by atoms with E-state index in [2.05, 4.69) is 47.1 Å². The van der Waals surface area contributed by atoms with Crippen molar-refractivity contribution in [3.8, 4) is 5.75 Å². The molecule has 0 radical (unpaired) electrons. The highest BCUT2D eigenvalue weighted by molar-refractivity contribution is 5.90. The monoisotopic (exact) mass is 561 g/mol. The number of hydrogen-bond donors (Lipinski definition) is 5. The molecular weight excluding hydrogens is 518 g/mol. The summed E-state index contributed by atoms with van der Waals surface area (Å²) in [5.41, 5.74) is 4.49. The van der Waals surface area contributed by atoms with E-state index < -0.39 is 6.10 Å². The van der Waals surface area contributed by atoms with Crippen molar-refractivity contribution in [1.82, 2.24) is 10.6 Å². The lowest BCUT2D eigenvalue weighted by Gasteiger charge is -2.18. The molecular formula is C33H43N3O5. The van der Waals surface area contributed by atoms with Gasteiger partial charge in [0, 0.05) is 26.1 Å². The third kappa shape index (κ3) is 12.0. The number of unbranched alkanes of at least 4 members (excludes halogenated alkanes) is 1. The second-order valence-electron chi connectivity index (χ2n) is 10.4. The second kappa shape index (κ2) is 17.0. The van der Waals surface area contributed by atoms with E-state index in [1.807, 2.05) is 30.3 Å². The Bertz CT molecular complexity index is 1220. The van der Waals surface area contributed by atoms with Crippen LogP contribution in [0.1, 0.15) is 67.9 Å². The van der Waals surface area contributed by atoms with Gasteiger partial charge in [0.15, 0.2) is 0 Å². The van der Waals surface area contributed by atoms with Crippen LogP contribution in [0.15, 0.2) is 72.8 Å². The minimum absolute atomic E-state index is 0.0308. The van der Waals surface area contributed by atoms with Crippen LogP contribution in [-0.2, 0) is 29.0 Å². The summed E-state index contributed by atoms with van der Waals surface area (Å²) >= 11 is 0. The molecule has 0 aliphatic rings. The summed E-state index contributed by atoms with van der Waals surface area (Å²) < 4.78 is 5.23. The Kier molecular flexibility index (Phi) is 13.2. The first-order valence-electron chi connectivity index (χ1n) is 14.3. The first-order chi connectivity index (χ1) is 19.8. The van der Waals surface area contributed by atoms with Gasteiger partial charge in [0.05, 0.1) is 11.8 Å². The van der Waals surface area contributed by atoms with Crippen molar-refractivity contribution in [2.24, 2.45) is 0 Å². The van der Waals surface area contributed by atoms with Crippen LogP contribution in [0.5, 0.6) is 5.75 Å². The topological polar surface area (TPSA) is 120 Å². The average Bonchev–Trinajstić information content (AvgIpc) is 2.97. The summed E-state index contributed by atoms with van der Waals surface area (Å²) in [5.74, 6) is -0.312. The number of amides is 2. The van der Waals surface area contributed by atoms with E-state index in [1.54, 1.807) is 12.1 Å². The smallest absolute Gasteiger partial charge is 0.407 e. The molecule has 5 N–H and O–H groups in total. The van der Waals surface area contributed by atoms with Crippen molar-refractivity contribution >= 4 is 17.7 Å². The maximum absolute atomic E-state index is 11.8. The van der Waals surface area contributed by atoms with Crippen LogP contribution < -0.4 is 16.0 Å². The molecule has 0 fully saturated rings. The van der Waals surface area contributed by atoms with Crippen molar-refractivity contribution in [1.29, 1.82) is 0 Å². The van der Waals surface area contributed by atoms with Crippen LogP contribution in [0.25, 0.3) is 0 Å². The number of carbonyl (C=O) groups excluding carboxylic acids is 2. The predicted octanol–water partition coefficient (Wildman–Crippen LogP) is 5.63. The molecule has 2 atom stereocenters. The van der Waals surface area contributed by atoms with E-state index in [1.165, 1.54) is 24.1 Å². The van der Waals surface area contributed by atoms with Gasteiger partial charge in [-0.05, 0) is 79.8 Å². The van der Waals surface area contributed by atoms with Crippen LogP contribution in [0.4, 0.5) is 10.5 Å². The number of nitrogens with one attached hydrogen (secondary N) is 3. The number of rotatable bonds is 16. The van der Waals surface area contributed by atoms with Gasteiger partial charge in [0.1, 0.15) is 12.4 Å². The molecule has 0 saturated heterocycles. The molecule has 0 heterocycles. The lowest BCUT2D eigenvalue weighted by atomic mass is 10.0. The largest absolute Gasteiger partial charge is 0.506 e. The fraction of sp³-hybridized carbons (Fsp3) is 0.394. The van der Waals surface area contributed by atoms with Gasteiger partial charge in [-0.25, -0.2) is 4.79 Å². The molecule has 220 valence electrons. The molecule has 0 saturated carbocycles. The number of carbonyl (C=O) groups is 2. The van der Waals surface area contributed by atoms with Crippen molar-refractivity contribution in [2.75, 3.05) is 18.4 Å². The summed E-state index contributed by atoms with van der Waals surface area (Å²) in [5, 5.41) is 29.2. The summed E-state index contributed by atoms with van der Waals surface area (Å²) in [6.07, 6.45) is 4.72. The fourth-order valence-corrected chi connectivity index (χ4v) is 4.49. The predicted molar refractivity (Wildman–Crippen MR) is 162 cm³/mol. The summed E-state index contributed by atoms with van der Waals surface area (Å²) in [7, 11) is 0. The number of phenols is 1. The van der Waals surface area contributed by atoms with Crippen LogP contribution in [-0.4, -0.2) is 41.3 Å². The van der Waals surface area contributed by atoms with Gasteiger partial charge in [0.2, 0.25) is 5.91 Å². The van der Waals surface area contributed by atoms with E-state index >= 15 is 0 Å². The van der Waals surface area contributed by atoms with Gasteiger partial charge >= 0.3 is 6.09 Å². The molecule has 41 heavy (non-hydrogen) atoms. The zero-order valence-electron chi connectivity index (χ0n) is 24.1. The van der Waals surface area contributed by atoms with Crippen molar-refractivity contribution in [3.05, 3.63) is 95.1 Å². The maximum atomic E-state index is 11.8. The van der Waals surface area contributed by atoms with Crippen LogP contribution in [0.2, 0.25) is 0 Å². The van der Waals surface area contributed by atoms with Gasteiger partial charge in [-0.15, -0.1) is 0 Å². The normalized spacial score (nSPS) is 12.4. The summed E-state index contributed by atoms with van der Waals surface area (Å²) in [4.78, 5) is 23.1. The number of hydrogen-bond acceptors (Lipinski definition) is 6. The van der Waals surface area contributed by atoms with E-state index in [-0.39, 0.29) is 30.4 Å². The standard InChI is InChI=1S/C33H43N3O5/c1-24(35-22-32(39)29-18-19-31(38)30(21-29)36-25(2)37)9-8-13-27-16-14-26(15-17-27)10-6-7-20-34-33(40)41-23-28-11-4-3-5-12-28/h3-5,11-12,14-19,21,24,32,35,38-39H,6-10,13,20,22-23H2,1-2H3,(H,34,40)(H,36,37)/t24?,32-/m0/s1. The number of aryl methyl sites for hydroxylation is 2. The van der Waals surface area contributed by atoms with Crippen molar-refractivity contribution in [2.45, 2.75) is 71.1 Å². The Morgan fingerprint density at radius 2 is 1.56 bits per heavy atom. The van der Waals surface area contributed by atoms with Gasteiger partial charge in [0.25, 0.3) is 0 Å². The molecule has 0 bridgehead atoms. The van der Waals surface area contributed by atoms with Gasteiger partial charge in [-0.3, -0.25) is 4.79 Å². The van der Waals surface area contributed by atoms with Gasteiger partial charge < -0.3 is 30.9 Å². The van der Waals surface area contributed by atoms with Crippen LogP contribution in [0, 0.1) is 0 Å². The molecule has 3 aromatic rings. The number of benzene rings is 3. The third-order valence-electron chi connectivity index (χ3n) is 6.88. The SMILES string of the molecule is CC(=O)Nc1cc([C@@H](O)CNC(C)CCCc2ccc(CCCCNC(=O)OCc3ccccc3)cc2)ccc1O. The first-order valence-corrected chi connectivity index (χ1v) is 14.3. The minimum Gasteiger partial charge on any atom is -0.506 e.